The first-order valence-corrected chi connectivity index (χ1v) is 12.9. The van der Waals surface area contributed by atoms with Gasteiger partial charge in [-0.2, -0.15) is 5.26 Å². The van der Waals surface area contributed by atoms with Crippen molar-refractivity contribution in [1.82, 2.24) is 10.2 Å². The number of carbonyl (C=O) groups excluding carboxylic acids is 2. The summed E-state index contributed by atoms with van der Waals surface area (Å²) in [6.07, 6.45) is -0.215. The number of amides is 2. The number of carbonyl (C=O) groups is 2. The summed E-state index contributed by atoms with van der Waals surface area (Å²) in [5.74, 6) is -0.203. The van der Waals surface area contributed by atoms with Crippen LogP contribution in [0.5, 0.6) is 5.75 Å². The Morgan fingerprint density at radius 1 is 1.21 bits per heavy atom. The number of benzene rings is 2. The zero-order valence-electron chi connectivity index (χ0n) is 22.0. The SMILES string of the molecule is CC1(C)CC(=O)N(C(c2ccc(C#N)cc2)[C@@H]2C[C@H]2C(=O)N[C@@H]2c3ccccc3OC(C)(C)[C@H]2O)C(N)=N1. The van der Waals surface area contributed by atoms with E-state index >= 15 is 0 Å². The van der Waals surface area contributed by atoms with E-state index < -0.39 is 35.2 Å². The van der Waals surface area contributed by atoms with Crippen LogP contribution >= 0.6 is 0 Å². The summed E-state index contributed by atoms with van der Waals surface area (Å²) in [7, 11) is 0. The van der Waals surface area contributed by atoms with Gasteiger partial charge in [-0.15, -0.1) is 0 Å². The van der Waals surface area contributed by atoms with Crippen molar-refractivity contribution >= 4 is 17.8 Å². The number of nitriles is 1. The summed E-state index contributed by atoms with van der Waals surface area (Å²) in [6.45, 7) is 7.30. The number of nitrogens with one attached hydrogen (secondary N) is 1. The third-order valence-corrected chi connectivity index (χ3v) is 7.71. The number of nitrogens with two attached hydrogens (primary N) is 1. The molecule has 0 bridgehead atoms. The smallest absolute Gasteiger partial charge is 0.232 e. The molecule has 2 aromatic carbocycles. The van der Waals surface area contributed by atoms with E-state index in [0.717, 1.165) is 11.1 Å². The van der Waals surface area contributed by atoms with Gasteiger partial charge in [0.25, 0.3) is 0 Å². The maximum absolute atomic E-state index is 13.6. The first kappa shape index (κ1) is 25.7. The van der Waals surface area contributed by atoms with Crippen molar-refractivity contribution in [1.29, 1.82) is 5.26 Å². The van der Waals surface area contributed by atoms with Gasteiger partial charge >= 0.3 is 0 Å². The third kappa shape index (κ3) is 4.61. The zero-order chi connectivity index (χ0) is 27.4. The van der Waals surface area contributed by atoms with Crippen LogP contribution in [0.25, 0.3) is 0 Å². The van der Waals surface area contributed by atoms with Crippen LogP contribution in [0.2, 0.25) is 0 Å². The summed E-state index contributed by atoms with van der Waals surface area (Å²) in [5, 5.41) is 23.4. The maximum atomic E-state index is 13.6. The topological polar surface area (TPSA) is 141 Å². The van der Waals surface area contributed by atoms with Crippen LogP contribution < -0.4 is 15.8 Å². The third-order valence-electron chi connectivity index (χ3n) is 7.71. The lowest BCUT2D eigenvalue weighted by atomic mass is 9.86. The molecule has 4 N–H and O–H groups in total. The molecule has 3 aliphatic rings. The molecule has 0 spiro atoms. The van der Waals surface area contributed by atoms with Gasteiger partial charge in [0.2, 0.25) is 11.8 Å². The van der Waals surface area contributed by atoms with Crippen molar-refractivity contribution in [3.8, 4) is 11.8 Å². The number of aliphatic imine (C=N–C) groups is 1. The van der Waals surface area contributed by atoms with Crippen molar-refractivity contribution in [3.63, 3.8) is 0 Å². The number of aliphatic hydroxyl groups excluding tert-OH is 1. The molecule has 38 heavy (non-hydrogen) atoms. The van der Waals surface area contributed by atoms with Gasteiger partial charge in [-0.1, -0.05) is 30.3 Å². The Labute approximate surface area is 222 Å². The van der Waals surface area contributed by atoms with Crippen molar-refractivity contribution in [2.75, 3.05) is 0 Å². The van der Waals surface area contributed by atoms with Gasteiger partial charge in [-0.05, 0) is 63.8 Å². The van der Waals surface area contributed by atoms with E-state index in [0.29, 0.717) is 17.7 Å². The van der Waals surface area contributed by atoms with Crippen LogP contribution in [0, 0.1) is 23.2 Å². The molecule has 9 heteroatoms. The molecule has 0 radical (unpaired) electrons. The average Bonchev–Trinajstić information content (AvgIpc) is 3.64. The Morgan fingerprint density at radius 2 is 1.89 bits per heavy atom. The average molecular weight is 516 g/mol. The van der Waals surface area contributed by atoms with Gasteiger partial charge in [-0.3, -0.25) is 14.5 Å². The van der Waals surface area contributed by atoms with Gasteiger partial charge < -0.3 is 20.9 Å². The monoisotopic (exact) mass is 515 g/mol. The molecule has 5 atom stereocenters. The quantitative estimate of drug-likeness (QED) is 0.559. The second-order valence-corrected chi connectivity index (χ2v) is 11.6. The van der Waals surface area contributed by atoms with Crippen molar-refractivity contribution < 1.29 is 19.4 Å². The van der Waals surface area contributed by atoms with Gasteiger partial charge in [0, 0.05) is 11.5 Å². The molecule has 1 fully saturated rings. The molecule has 1 unspecified atom stereocenters. The minimum atomic E-state index is -0.957. The van der Waals surface area contributed by atoms with Crippen molar-refractivity contribution in [2.45, 2.75) is 69.9 Å². The molecule has 2 heterocycles. The minimum absolute atomic E-state index is 0.127. The number of hydrogen-bond acceptors (Lipinski definition) is 7. The fourth-order valence-electron chi connectivity index (χ4n) is 5.65. The minimum Gasteiger partial charge on any atom is -0.485 e. The maximum Gasteiger partial charge on any atom is 0.232 e. The molecule has 0 aromatic heterocycles. The second kappa shape index (κ2) is 9.14. The van der Waals surface area contributed by atoms with Crippen molar-refractivity contribution in [2.24, 2.45) is 22.6 Å². The molecular formula is C29H33N5O4. The largest absolute Gasteiger partial charge is 0.485 e. The summed E-state index contributed by atoms with van der Waals surface area (Å²) >= 11 is 0. The first-order valence-electron chi connectivity index (χ1n) is 12.9. The Balaban J connectivity index is 1.43. The summed E-state index contributed by atoms with van der Waals surface area (Å²) < 4.78 is 5.98. The molecule has 2 amide bonds. The van der Waals surface area contributed by atoms with Gasteiger partial charge in [0.15, 0.2) is 5.96 Å². The van der Waals surface area contributed by atoms with Crippen LogP contribution in [-0.2, 0) is 9.59 Å². The number of aliphatic hydroxyl groups is 1. The van der Waals surface area contributed by atoms with Crippen LogP contribution in [0.1, 0.15) is 69.3 Å². The molecule has 5 rings (SSSR count). The number of para-hydroxylation sites is 1. The second-order valence-electron chi connectivity index (χ2n) is 11.6. The molecule has 1 saturated carbocycles. The lowest BCUT2D eigenvalue weighted by Crippen LogP contribution is -2.54. The fourth-order valence-corrected chi connectivity index (χ4v) is 5.65. The molecule has 198 valence electrons. The predicted octanol–water partition coefficient (Wildman–Crippen LogP) is 2.95. The van der Waals surface area contributed by atoms with Crippen molar-refractivity contribution in [3.05, 3.63) is 65.2 Å². The van der Waals surface area contributed by atoms with E-state index in [9.17, 15) is 20.0 Å². The van der Waals surface area contributed by atoms with E-state index in [1.165, 1.54) is 4.90 Å². The van der Waals surface area contributed by atoms with Gasteiger partial charge in [0.05, 0.1) is 35.7 Å². The number of fused-ring (bicyclic) bond motifs is 1. The fraction of sp³-hybridized carbons (Fsp3) is 0.448. The summed E-state index contributed by atoms with van der Waals surface area (Å²) in [6, 6.07) is 15.3. The van der Waals surface area contributed by atoms with E-state index in [1.54, 1.807) is 38.1 Å². The van der Waals surface area contributed by atoms with E-state index in [1.807, 2.05) is 38.1 Å². The highest BCUT2D eigenvalue weighted by Crippen LogP contribution is 2.52. The predicted molar refractivity (Wildman–Crippen MR) is 141 cm³/mol. The normalized spacial score (nSPS) is 27.7. The van der Waals surface area contributed by atoms with E-state index in [-0.39, 0.29) is 30.1 Å². The Hall–Kier alpha value is -3.90. The highest BCUT2D eigenvalue weighted by Gasteiger charge is 2.54. The summed E-state index contributed by atoms with van der Waals surface area (Å²) in [4.78, 5) is 32.9. The molecule has 0 saturated heterocycles. The molecule has 2 aromatic rings. The van der Waals surface area contributed by atoms with Crippen LogP contribution in [0.3, 0.4) is 0 Å². The number of nitrogens with zero attached hydrogens (tertiary/aromatic N) is 3. The Kier molecular flexibility index (Phi) is 6.19. The van der Waals surface area contributed by atoms with Crippen LogP contribution in [-0.4, -0.2) is 45.0 Å². The molecule has 2 aliphatic heterocycles. The van der Waals surface area contributed by atoms with Crippen LogP contribution in [0.15, 0.2) is 53.5 Å². The highest BCUT2D eigenvalue weighted by molar-refractivity contribution is 5.99. The van der Waals surface area contributed by atoms with E-state index in [4.69, 9.17) is 10.5 Å². The molecular weight excluding hydrogens is 482 g/mol. The lowest BCUT2D eigenvalue weighted by Gasteiger charge is -2.42. The zero-order valence-corrected chi connectivity index (χ0v) is 22.0. The van der Waals surface area contributed by atoms with E-state index in [2.05, 4.69) is 16.4 Å². The number of rotatable bonds is 5. The Morgan fingerprint density at radius 3 is 2.55 bits per heavy atom. The lowest BCUT2D eigenvalue weighted by molar-refractivity contribution is -0.132. The summed E-state index contributed by atoms with van der Waals surface area (Å²) in [5.41, 5.74) is 6.84. The van der Waals surface area contributed by atoms with Crippen LogP contribution in [0.4, 0.5) is 0 Å². The highest BCUT2D eigenvalue weighted by atomic mass is 16.5. The Bertz CT molecular complexity index is 1340. The first-order chi connectivity index (χ1) is 17.9. The van der Waals surface area contributed by atoms with Gasteiger partial charge in [-0.25, -0.2) is 4.99 Å². The molecule has 9 nitrogen and oxygen atoms in total. The number of guanidine groups is 1. The number of ether oxygens (including phenoxy) is 1. The number of hydrogen-bond donors (Lipinski definition) is 3. The van der Waals surface area contributed by atoms with Gasteiger partial charge in [0.1, 0.15) is 17.5 Å². The molecule has 1 aliphatic carbocycles. The standard InChI is InChI=1S/C29H33N5O4/c1-28(2)14-22(35)34(27(31)33-28)24(17-11-9-16(15-30)10-12-17)19-13-20(19)26(37)32-23-18-7-5-6-8-21(18)38-29(3,4)25(23)36/h5-12,19-20,23-25,36H,13-14H2,1-4H3,(H2,31,33)(H,32,37)/t19-,20-,23-,24?,25+/m1/s1.